The van der Waals surface area contributed by atoms with Gasteiger partial charge < -0.3 is 9.80 Å². The standard InChI is InChI=1S/C18H23N3OS/c1-13-5-4-10-21(12-13)18-19-17(22)16(23-18)11-14-6-8-15(9-7-14)20(2)3/h6-9,11,13H,4-5,10,12H2,1-3H3/b16-11+. The lowest BCUT2D eigenvalue weighted by Crippen LogP contribution is -2.37. The van der Waals surface area contributed by atoms with Crippen LogP contribution >= 0.6 is 11.8 Å². The van der Waals surface area contributed by atoms with Crippen molar-refractivity contribution in [1.82, 2.24) is 4.90 Å². The molecule has 1 unspecified atom stereocenters. The van der Waals surface area contributed by atoms with Gasteiger partial charge in [-0.25, -0.2) is 0 Å². The first-order chi connectivity index (χ1) is 11.0. The van der Waals surface area contributed by atoms with E-state index in [-0.39, 0.29) is 5.91 Å². The summed E-state index contributed by atoms with van der Waals surface area (Å²) in [4.78, 5) is 21.5. The number of hydrogen-bond acceptors (Lipinski definition) is 4. The predicted molar refractivity (Wildman–Crippen MR) is 98.8 cm³/mol. The minimum atomic E-state index is -0.111. The molecule has 4 nitrogen and oxygen atoms in total. The number of thioether (sulfide) groups is 1. The Labute approximate surface area is 142 Å². The lowest BCUT2D eigenvalue weighted by Gasteiger charge is -2.31. The lowest BCUT2D eigenvalue weighted by molar-refractivity contribution is -0.113. The van der Waals surface area contributed by atoms with Gasteiger partial charge in [-0.15, -0.1) is 0 Å². The monoisotopic (exact) mass is 329 g/mol. The number of amidine groups is 1. The van der Waals surface area contributed by atoms with E-state index in [0.717, 1.165) is 34.4 Å². The molecule has 0 bridgehead atoms. The van der Waals surface area contributed by atoms with Gasteiger partial charge in [0.25, 0.3) is 5.91 Å². The summed E-state index contributed by atoms with van der Waals surface area (Å²) in [5.41, 5.74) is 2.19. The van der Waals surface area contributed by atoms with E-state index in [1.807, 2.05) is 32.3 Å². The molecule has 0 N–H and O–H groups in total. The molecule has 2 aliphatic rings. The second-order valence-electron chi connectivity index (χ2n) is 6.49. The molecular weight excluding hydrogens is 306 g/mol. The Morgan fingerprint density at radius 1 is 1.30 bits per heavy atom. The van der Waals surface area contributed by atoms with Gasteiger partial charge in [0.15, 0.2) is 5.17 Å². The summed E-state index contributed by atoms with van der Waals surface area (Å²) >= 11 is 1.51. The van der Waals surface area contributed by atoms with E-state index in [2.05, 4.69) is 33.8 Å². The number of aliphatic imine (C=N–C) groups is 1. The third-order valence-corrected chi connectivity index (χ3v) is 5.29. The molecule has 1 aromatic rings. The van der Waals surface area contributed by atoms with Crippen molar-refractivity contribution in [2.45, 2.75) is 19.8 Å². The van der Waals surface area contributed by atoms with Gasteiger partial charge in [0, 0.05) is 32.9 Å². The maximum absolute atomic E-state index is 12.2. The van der Waals surface area contributed by atoms with Gasteiger partial charge in [0.05, 0.1) is 4.91 Å². The number of rotatable bonds is 2. The van der Waals surface area contributed by atoms with Crippen LogP contribution in [0.25, 0.3) is 6.08 Å². The molecule has 1 amide bonds. The van der Waals surface area contributed by atoms with Crippen molar-refractivity contribution >= 4 is 34.6 Å². The van der Waals surface area contributed by atoms with Gasteiger partial charge in [-0.3, -0.25) is 4.79 Å². The number of nitrogens with zero attached hydrogens (tertiary/aromatic N) is 3. The summed E-state index contributed by atoms with van der Waals surface area (Å²) in [6.07, 6.45) is 4.39. The number of carbonyl (C=O) groups excluding carboxylic acids is 1. The molecule has 0 spiro atoms. The van der Waals surface area contributed by atoms with Gasteiger partial charge in [0.2, 0.25) is 0 Å². The van der Waals surface area contributed by atoms with E-state index in [4.69, 9.17) is 0 Å². The average molecular weight is 329 g/mol. The molecule has 2 heterocycles. The average Bonchev–Trinajstić information content (AvgIpc) is 2.89. The SMILES string of the molecule is CC1CCCN(C2=NC(=O)/C(=C\c3ccc(N(C)C)cc3)S2)C1. The molecular formula is C18H23N3OS. The highest BCUT2D eigenvalue weighted by atomic mass is 32.2. The van der Waals surface area contributed by atoms with Crippen molar-refractivity contribution in [3.05, 3.63) is 34.7 Å². The second kappa shape index (κ2) is 6.79. The van der Waals surface area contributed by atoms with Crippen LogP contribution in [0.2, 0.25) is 0 Å². The fraction of sp³-hybridized carbons (Fsp3) is 0.444. The highest BCUT2D eigenvalue weighted by Crippen LogP contribution is 2.32. The van der Waals surface area contributed by atoms with Crippen molar-refractivity contribution in [3.8, 4) is 0 Å². The van der Waals surface area contributed by atoms with Crippen LogP contribution in [-0.2, 0) is 4.79 Å². The van der Waals surface area contributed by atoms with E-state index < -0.39 is 0 Å². The second-order valence-corrected chi connectivity index (χ2v) is 7.50. The summed E-state index contributed by atoms with van der Waals surface area (Å²) < 4.78 is 0. The van der Waals surface area contributed by atoms with Crippen molar-refractivity contribution in [1.29, 1.82) is 0 Å². The fourth-order valence-corrected chi connectivity index (χ4v) is 3.86. The summed E-state index contributed by atoms with van der Waals surface area (Å²) in [5.74, 6) is 0.564. The topological polar surface area (TPSA) is 35.9 Å². The van der Waals surface area contributed by atoms with Gasteiger partial charge in [-0.1, -0.05) is 19.1 Å². The van der Waals surface area contributed by atoms with Gasteiger partial charge in [-0.05, 0) is 54.3 Å². The summed E-state index contributed by atoms with van der Waals surface area (Å²) in [6.45, 7) is 4.27. The van der Waals surface area contributed by atoms with Crippen LogP contribution in [0.4, 0.5) is 5.69 Å². The Kier molecular flexibility index (Phi) is 4.76. The molecule has 0 aromatic heterocycles. The summed E-state index contributed by atoms with van der Waals surface area (Å²) in [5, 5.41) is 0.873. The van der Waals surface area contributed by atoms with Crippen molar-refractivity contribution in [3.63, 3.8) is 0 Å². The highest BCUT2D eigenvalue weighted by Gasteiger charge is 2.28. The largest absolute Gasteiger partial charge is 0.378 e. The van der Waals surface area contributed by atoms with E-state index in [1.165, 1.54) is 24.6 Å². The number of piperidine rings is 1. The van der Waals surface area contributed by atoms with Crippen LogP contribution < -0.4 is 4.90 Å². The molecule has 0 saturated carbocycles. The molecule has 1 saturated heterocycles. The van der Waals surface area contributed by atoms with Gasteiger partial charge in [0.1, 0.15) is 0 Å². The van der Waals surface area contributed by atoms with Crippen LogP contribution in [0.5, 0.6) is 0 Å². The third kappa shape index (κ3) is 3.78. The maximum atomic E-state index is 12.2. The first-order valence-corrected chi connectivity index (χ1v) is 8.89. The predicted octanol–water partition coefficient (Wildman–Crippen LogP) is 3.45. The Morgan fingerprint density at radius 2 is 2.04 bits per heavy atom. The Bertz CT molecular complexity index is 649. The van der Waals surface area contributed by atoms with Crippen molar-refractivity contribution in [2.24, 2.45) is 10.9 Å². The molecule has 23 heavy (non-hydrogen) atoms. The number of amides is 1. The van der Waals surface area contributed by atoms with E-state index >= 15 is 0 Å². The quantitative estimate of drug-likeness (QED) is 0.779. The first-order valence-electron chi connectivity index (χ1n) is 8.08. The smallest absolute Gasteiger partial charge is 0.286 e. The number of benzene rings is 1. The maximum Gasteiger partial charge on any atom is 0.286 e. The van der Waals surface area contributed by atoms with Crippen LogP contribution in [0.1, 0.15) is 25.3 Å². The van der Waals surface area contributed by atoms with Crippen molar-refractivity contribution < 1.29 is 4.79 Å². The molecule has 0 aliphatic carbocycles. The van der Waals surface area contributed by atoms with E-state index in [9.17, 15) is 4.79 Å². The number of anilines is 1. The zero-order valence-corrected chi connectivity index (χ0v) is 14.8. The Morgan fingerprint density at radius 3 is 2.70 bits per heavy atom. The minimum Gasteiger partial charge on any atom is -0.378 e. The summed E-state index contributed by atoms with van der Waals surface area (Å²) in [6, 6.07) is 8.20. The molecule has 1 aromatic carbocycles. The lowest BCUT2D eigenvalue weighted by atomic mass is 10.0. The van der Waals surface area contributed by atoms with Crippen LogP contribution in [-0.4, -0.2) is 43.2 Å². The fourth-order valence-electron chi connectivity index (χ4n) is 2.92. The minimum absolute atomic E-state index is 0.111. The number of carbonyl (C=O) groups is 1. The van der Waals surface area contributed by atoms with Crippen LogP contribution in [0.15, 0.2) is 34.2 Å². The molecule has 2 aliphatic heterocycles. The number of likely N-dealkylation sites (tertiary alicyclic amines) is 1. The van der Waals surface area contributed by atoms with Gasteiger partial charge in [-0.2, -0.15) is 4.99 Å². The molecule has 1 atom stereocenters. The van der Waals surface area contributed by atoms with E-state index in [0.29, 0.717) is 5.92 Å². The molecule has 1 fully saturated rings. The van der Waals surface area contributed by atoms with Crippen molar-refractivity contribution in [2.75, 3.05) is 32.1 Å². The molecule has 122 valence electrons. The number of hydrogen-bond donors (Lipinski definition) is 0. The van der Waals surface area contributed by atoms with E-state index in [1.54, 1.807) is 0 Å². The zero-order valence-electron chi connectivity index (χ0n) is 14.0. The van der Waals surface area contributed by atoms with Crippen LogP contribution in [0.3, 0.4) is 0 Å². The Hall–Kier alpha value is -1.75. The van der Waals surface area contributed by atoms with Gasteiger partial charge >= 0.3 is 0 Å². The zero-order chi connectivity index (χ0) is 16.4. The first kappa shape index (κ1) is 16.1. The molecule has 0 radical (unpaired) electrons. The third-order valence-electron chi connectivity index (χ3n) is 4.24. The van der Waals surface area contributed by atoms with Crippen LogP contribution in [0, 0.1) is 5.92 Å². The highest BCUT2D eigenvalue weighted by molar-refractivity contribution is 8.18. The normalized spacial score (nSPS) is 23.3. The Balaban J connectivity index is 1.71. The molecule has 3 rings (SSSR count). The molecule has 5 heteroatoms. The summed E-state index contributed by atoms with van der Waals surface area (Å²) in [7, 11) is 4.03.